The van der Waals surface area contributed by atoms with E-state index in [1.54, 1.807) is 12.4 Å². The van der Waals surface area contributed by atoms with Crippen molar-refractivity contribution in [3.05, 3.63) is 30.7 Å². The minimum Gasteiger partial charge on any atom is -0.365 e. The molecule has 2 N–H and O–H groups in total. The van der Waals surface area contributed by atoms with Gasteiger partial charge in [0, 0.05) is 12.2 Å². The quantitative estimate of drug-likeness (QED) is 0.723. The van der Waals surface area contributed by atoms with Gasteiger partial charge in [-0.15, -0.1) is 6.58 Å². The van der Waals surface area contributed by atoms with Gasteiger partial charge >= 0.3 is 0 Å². The zero-order valence-corrected chi connectivity index (χ0v) is 8.04. The summed E-state index contributed by atoms with van der Waals surface area (Å²) in [6.45, 7) is 6.34. The van der Waals surface area contributed by atoms with Crippen LogP contribution in [0.2, 0.25) is 0 Å². The second-order valence-corrected chi connectivity index (χ2v) is 3.10. The Balaban J connectivity index is 2.47. The lowest BCUT2D eigenvalue weighted by Crippen LogP contribution is -2.01. The van der Waals surface area contributed by atoms with Gasteiger partial charge in [-0.2, -0.15) is 0 Å². The fourth-order valence-electron chi connectivity index (χ4n) is 1.37. The molecule has 14 heavy (non-hydrogen) atoms. The van der Waals surface area contributed by atoms with E-state index in [1.807, 2.05) is 13.0 Å². The number of H-pyrrole nitrogens is 1. The summed E-state index contributed by atoms with van der Waals surface area (Å²) in [5, 5.41) is 3.15. The van der Waals surface area contributed by atoms with Gasteiger partial charge in [-0.05, 0) is 13.0 Å². The minimum absolute atomic E-state index is 0.699. The number of nitrogens with zero attached hydrogens (tertiary/aromatic N) is 2. The zero-order valence-electron chi connectivity index (χ0n) is 8.04. The van der Waals surface area contributed by atoms with Crippen LogP contribution in [-0.2, 0) is 0 Å². The molecule has 72 valence electrons. The van der Waals surface area contributed by atoms with Crippen molar-refractivity contribution in [3.8, 4) is 0 Å². The first-order valence-electron chi connectivity index (χ1n) is 4.46. The Kier molecular flexibility index (Phi) is 2.18. The Labute approximate surface area is 82.1 Å². The molecule has 2 rings (SSSR count). The lowest BCUT2D eigenvalue weighted by Gasteiger charge is -2.02. The maximum absolute atomic E-state index is 4.16. The number of anilines is 1. The monoisotopic (exact) mass is 188 g/mol. The topological polar surface area (TPSA) is 53.6 Å². The van der Waals surface area contributed by atoms with Crippen molar-refractivity contribution in [1.29, 1.82) is 0 Å². The second-order valence-electron chi connectivity index (χ2n) is 3.10. The highest BCUT2D eigenvalue weighted by molar-refractivity contribution is 5.86. The van der Waals surface area contributed by atoms with Crippen molar-refractivity contribution in [2.75, 3.05) is 11.9 Å². The summed E-state index contributed by atoms with van der Waals surface area (Å²) >= 11 is 0. The average molecular weight is 188 g/mol. The number of aryl methyl sites for hydroxylation is 1. The summed E-state index contributed by atoms with van der Waals surface area (Å²) in [6.07, 6.45) is 3.35. The molecule has 4 nitrogen and oxygen atoms in total. The van der Waals surface area contributed by atoms with Crippen LogP contribution < -0.4 is 5.32 Å². The molecule has 0 aromatic carbocycles. The first kappa shape index (κ1) is 8.74. The van der Waals surface area contributed by atoms with Crippen molar-refractivity contribution in [3.63, 3.8) is 0 Å². The normalized spacial score (nSPS) is 10.4. The third kappa shape index (κ3) is 1.46. The van der Waals surface area contributed by atoms with Crippen molar-refractivity contribution in [2.24, 2.45) is 0 Å². The molecule has 2 aromatic rings. The van der Waals surface area contributed by atoms with E-state index in [-0.39, 0.29) is 0 Å². The van der Waals surface area contributed by atoms with E-state index in [4.69, 9.17) is 0 Å². The highest BCUT2D eigenvalue weighted by Crippen LogP contribution is 2.18. The molecule has 2 heterocycles. The van der Waals surface area contributed by atoms with E-state index < -0.39 is 0 Å². The molecular formula is C10H12N4. The van der Waals surface area contributed by atoms with E-state index in [1.165, 1.54) is 0 Å². The van der Waals surface area contributed by atoms with Crippen LogP contribution >= 0.6 is 0 Å². The molecule has 0 atom stereocenters. The maximum atomic E-state index is 4.16. The molecule has 0 bridgehead atoms. The number of fused-ring (bicyclic) bond motifs is 1. The van der Waals surface area contributed by atoms with E-state index in [0.717, 1.165) is 22.5 Å². The number of aromatic nitrogens is 3. The van der Waals surface area contributed by atoms with Crippen LogP contribution in [0.3, 0.4) is 0 Å². The van der Waals surface area contributed by atoms with Crippen molar-refractivity contribution >= 4 is 16.9 Å². The minimum atomic E-state index is 0.699. The lowest BCUT2D eigenvalue weighted by molar-refractivity contribution is 1.17. The van der Waals surface area contributed by atoms with Crippen LogP contribution in [0.25, 0.3) is 11.0 Å². The molecule has 4 heteroatoms. The largest absolute Gasteiger partial charge is 0.365 e. The first-order chi connectivity index (χ1) is 6.81. The van der Waals surface area contributed by atoms with E-state index >= 15 is 0 Å². The lowest BCUT2D eigenvalue weighted by atomic mass is 10.4. The Morgan fingerprint density at radius 1 is 1.57 bits per heavy atom. The summed E-state index contributed by atoms with van der Waals surface area (Å²) in [7, 11) is 0. The first-order valence-corrected chi connectivity index (χ1v) is 4.46. The smallest absolute Gasteiger partial charge is 0.154 e. The molecule has 0 radical (unpaired) electrons. The van der Waals surface area contributed by atoms with Gasteiger partial charge in [0.1, 0.15) is 11.8 Å². The molecule has 0 aliphatic rings. The Hall–Kier alpha value is -1.84. The van der Waals surface area contributed by atoms with Gasteiger partial charge in [-0.3, -0.25) is 0 Å². The Morgan fingerprint density at radius 3 is 3.21 bits per heavy atom. The molecule has 0 fully saturated rings. The van der Waals surface area contributed by atoms with Crippen LogP contribution in [0.1, 0.15) is 5.69 Å². The SMILES string of the molecule is C=CCNc1ncnc2cc(C)[nH]c12. The molecular weight excluding hydrogens is 176 g/mol. The summed E-state index contributed by atoms with van der Waals surface area (Å²) in [5.41, 5.74) is 2.97. The third-order valence-corrected chi connectivity index (χ3v) is 1.97. The maximum Gasteiger partial charge on any atom is 0.154 e. The fraction of sp³-hybridized carbons (Fsp3) is 0.200. The molecule has 0 saturated carbocycles. The van der Waals surface area contributed by atoms with Gasteiger partial charge in [-0.1, -0.05) is 6.08 Å². The number of rotatable bonds is 3. The number of hydrogen-bond donors (Lipinski definition) is 2. The Bertz CT molecular complexity index is 458. The van der Waals surface area contributed by atoms with Crippen LogP contribution in [-0.4, -0.2) is 21.5 Å². The molecule has 0 spiro atoms. The van der Waals surface area contributed by atoms with Crippen molar-refractivity contribution < 1.29 is 0 Å². The van der Waals surface area contributed by atoms with Crippen molar-refractivity contribution in [2.45, 2.75) is 6.92 Å². The fourth-order valence-corrected chi connectivity index (χ4v) is 1.37. The second kappa shape index (κ2) is 3.49. The highest BCUT2D eigenvalue weighted by Gasteiger charge is 2.04. The van der Waals surface area contributed by atoms with E-state index in [2.05, 4.69) is 26.8 Å². The standard InChI is InChI=1S/C10H12N4/c1-3-4-11-10-9-8(12-6-13-10)5-7(2)14-9/h3,5-6,14H,1,4H2,2H3,(H,11,12,13). The summed E-state index contributed by atoms with van der Waals surface area (Å²) < 4.78 is 0. The van der Waals surface area contributed by atoms with Gasteiger partial charge in [-0.25, -0.2) is 9.97 Å². The van der Waals surface area contributed by atoms with Gasteiger partial charge in [0.05, 0.1) is 5.52 Å². The molecule has 0 unspecified atom stereocenters. The van der Waals surface area contributed by atoms with Gasteiger partial charge in [0.25, 0.3) is 0 Å². The van der Waals surface area contributed by atoms with Crippen LogP contribution in [0.4, 0.5) is 5.82 Å². The number of nitrogens with one attached hydrogen (secondary N) is 2. The molecule has 0 amide bonds. The van der Waals surface area contributed by atoms with Gasteiger partial charge in [0.2, 0.25) is 0 Å². The summed E-state index contributed by atoms with van der Waals surface area (Å²) in [4.78, 5) is 11.5. The highest BCUT2D eigenvalue weighted by atomic mass is 15.0. The number of aromatic amines is 1. The zero-order chi connectivity index (χ0) is 9.97. The third-order valence-electron chi connectivity index (χ3n) is 1.97. The molecule has 0 aliphatic heterocycles. The van der Waals surface area contributed by atoms with Crippen molar-refractivity contribution in [1.82, 2.24) is 15.0 Å². The van der Waals surface area contributed by atoms with Gasteiger partial charge in [0.15, 0.2) is 5.82 Å². The van der Waals surface area contributed by atoms with Crippen LogP contribution in [0.5, 0.6) is 0 Å². The van der Waals surface area contributed by atoms with Crippen LogP contribution in [0, 0.1) is 6.92 Å². The molecule has 0 aliphatic carbocycles. The Morgan fingerprint density at radius 2 is 2.43 bits per heavy atom. The summed E-state index contributed by atoms with van der Waals surface area (Å²) in [6, 6.07) is 2.00. The number of hydrogen-bond acceptors (Lipinski definition) is 3. The average Bonchev–Trinajstić information content (AvgIpc) is 2.55. The predicted molar refractivity (Wildman–Crippen MR) is 57.3 cm³/mol. The predicted octanol–water partition coefficient (Wildman–Crippen LogP) is 1.86. The molecule has 0 saturated heterocycles. The van der Waals surface area contributed by atoms with E-state index in [0.29, 0.717) is 6.54 Å². The summed E-state index contributed by atoms with van der Waals surface area (Å²) in [5.74, 6) is 0.822. The van der Waals surface area contributed by atoms with Gasteiger partial charge < -0.3 is 10.3 Å². The van der Waals surface area contributed by atoms with E-state index in [9.17, 15) is 0 Å². The van der Waals surface area contributed by atoms with Crippen LogP contribution in [0.15, 0.2) is 25.0 Å². The molecule has 2 aromatic heterocycles.